The van der Waals surface area contributed by atoms with Crippen LogP contribution < -0.4 is 10.6 Å². The second-order valence-electron chi connectivity index (χ2n) is 3.70. The smallest absolute Gasteiger partial charge is 0.243 e. The van der Waals surface area contributed by atoms with Gasteiger partial charge in [-0.2, -0.15) is 0 Å². The van der Waals surface area contributed by atoms with E-state index in [0.717, 1.165) is 0 Å². The molecule has 1 saturated heterocycles. The van der Waals surface area contributed by atoms with Crippen molar-refractivity contribution < 1.29 is 9.59 Å². The number of rotatable bonds is 2. The van der Waals surface area contributed by atoms with Gasteiger partial charge in [0.15, 0.2) is 0 Å². The zero-order valence-electron chi connectivity index (χ0n) is 8.26. The summed E-state index contributed by atoms with van der Waals surface area (Å²) in [5.41, 5.74) is 0. The molecule has 2 N–H and O–H groups in total. The first-order valence-electron chi connectivity index (χ1n) is 4.67. The molecule has 1 fully saturated rings. The van der Waals surface area contributed by atoms with Crippen LogP contribution in [0.2, 0.25) is 0 Å². The third kappa shape index (κ3) is 1.99. The van der Waals surface area contributed by atoms with E-state index in [1.807, 2.05) is 20.8 Å². The maximum atomic E-state index is 11.4. The summed E-state index contributed by atoms with van der Waals surface area (Å²) in [4.78, 5) is 22.8. The molecule has 2 atom stereocenters. The van der Waals surface area contributed by atoms with E-state index < -0.39 is 0 Å². The molecule has 0 saturated carbocycles. The molecule has 74 valence electrons. The zero-order chi connectivity index (χ0) is 10.0. The lowest BCUT2D eigenvalue weighted by Gasteiger charge is -2.30. The quantitative estimate of drug-likeness (QED) is 0.636. The number of amides is 2. The van der Waals surface area contributed by atoms with E-state index in [4.69, 9.17) is 0 Å². The van der Waals surface area contributed by atoms with Crippen LogP contribution in [0.5, 0.6) is 0 Å². The Balaban J connectivity index is 2.67. The summed E-state index contributed by atoms with van der Waals surface area (Å²) in [6.07, 6.45) is 0.641. The Hall–Kier alpha value is -1.06. The van der Waals surface area contributed by atoms with Gasteiger partial charge in [-0.25, -0.2) is 0 Å². The first-order valence-corrected chi connectivity index (χ1v) is 4.67. The van der Waals surface area contributed by atoms with E-state index in [0.29, 0.717) is 6.42 Å². The molecule has 1 heterocycles. The summed E-state index contributed by atoms with van der Waals surface area (Å²) in [5.74, 6) is 0.00371. The van der Waals surface area contributed by atoms with Crippen molar-refractivity contribution in [1.29, 1.82) is 0 Å². The minimum atomic E-state index is -0.365. The van der Waals surface area contributed by atoms with Crippen LogP contribution >= 0.6 is 0 Å². The molecule has 0 spiro atoms. The summed E-state index contributed by atoms with van der Waals surface area (Å²) >= 11 is 0. The van der Waals surface area contributed by atoms with Gasteiger partial charge >= 0.3 is 0 Å². The van der Waals surface area contributed by atoms with Gasteiger partial charge in [-0.3, -0.25) is 9.59 Å². The molecule has 4 nitrogen and oxygen atoms in total. The van der Waals surface area contributed by atoms with Gasteiger partial charge in [-0.15, -0.1) is 0 Å². The van der Waals surface area contributed by atoms with E-state index in [-0.39, 0.29) is 29.8 Å². The van der Waals surface area contributed by atoms with Crippen LogP contribution in [-0.2, 0) is 9.59 Å². The van der Waals surface area contributed by atoms with Crippen LogP contribution in [0.3, 0.4) is 0 Å². The minimum Gasteiger partial charge on any atom is -0.343 e. The molecule has 0 radical (unpaired) electrons. The highest BCUT2D eigenvalue weighted by atomic mass is 16.2. The molecule has 0 unspecified atom stereocenters. The van der Waals surface area contributed by atoms with Gasteiger partial charge in [-0.05, 0) is 12.3 Å². The number of hydrogen-bond acceptors (Lipinski definition) is 2. The topological polar surface area (TPSA) is 58.2 Å². The van der Waals surface area contributed by atoms with Gasteiger partial charge in [0.25, 0.3) is 0 Å². The zero-order valence-corrected chi connectivity index (χ0v) is 8.26. The third-order valence-corrected chi connectivity index (χ3v) is 2.29. The molecule has 1 rings (SSSR count). The average molecular weight is 184 g/mol. The largest absolute Gasteiger partial charge is 0.343 e. The van der Waals surface area contributed by atoms with Crippen molar-refractivity contribution >= 4 is 11.8 Å². The van der Waals surface area contributed by atoms with Gasteiger partial charge in [0, 0.05) is 0 Å². The number of hydrogen-bond donors (Lipinski definition) is 2. The van der Waals surface area contributed by atoms with Crippen molar-refractivity contribution in [2.75, 3.05) is 0 Å². The fourth-order valence-electron chi connectivity index (χ4n) is 1.40. The maximum Gasteiger partial charge on any atom is 0.243 e. The maximum absolute atomic E-state index is 11.4. The molecule has 0 aromatic carbocycles. The van der Waals surface area contributed by atoms with Crippen molar-refractivity contribution in [3.63, 3.8) is 0 Å². The van der Waals surface area contributed by atoms with Crippen molar-refractivity contribution in [3.8, 4) is 0 Å². The number of carbonyl (C=O) groups is 2. The highest BCUT2D eigenvalue weighted by molar-refractivity contribution is 5.96. The highest BCUT2D eigenvalue weighted by Crippen LogP contribution is 2.08. The molecular weight excluding hydrogens is 168 g/mol. The Bertz CT molecular complexity index is 226. The van der Waals surface area contributed by atoms with E-state index in [1.54, 1.807) is 0 Å². The van der Waals surface area contributed by atoms with Crippen LogP contribution in [0, 0.1) is 5.92 Å². The monoisotopic (exact) mass is 184 g/mol. The van der Waals surface area contributed by atoms with Crippen molar-refractivity contribution in [2.24, 2.45) is 5.92 Å². The Kier molecular flexibility index (Phi) is 2.90. The lowest BCUT2D eigenvalue weighted by molar-refractivity contribution is -0.137. The SMILES string of the molecule is CC[C@@H]1NC(=O)[C@H](C(C)C)NC1=O. The fourth-order valence-corrected chi connectivity index (χ4v) is 1.40. The lowest BCUT2D eigenvalue weighted by atomic mass is 9.99. The molecule has 13 heavy (non-hydrogen) atoms. The summed E-state index contributed by atoms with van der Waals surface area (Å²) in [7, 11) is 0. The van der Waals surface area contributed by atoms with E-state index in [1.165, 1.54) is 0 Å². The molecule has 1 aliphatic rings. The van der Waals surface area contributed by atoms with Gasteiger partial charge in [0.05, 0.1) is 0 Å². The molecule has 1 aliphatic heterocycles. The lowest BCUT2D eigenvalue weighted by Crippen LogP contribution is -2.62. The number of nitrogens with one attached hydrogen (secondary N) is 2. The Morgan fingerprint density at radius 2 is 1.85 bits per heavy atom. The summed E-state index contributed by atoms with van der Waals surface area (Å²) in [5, 5.41) is 5.41. The third-order valence-electron chi connectivity index (χ3n) is 2.29. The molecule has 4 heteroatoms. The first-order chi connectivity index (χ1) is 6.06. The average Bonchev–Trinajstić information content (AvgIpc) is 2.07. The van der Waals surface area contributed by atoms with Crippen LogP contribution in [0.15, 0.2) is 0 Å². The van der Waals surface area contributed by atoms with Crippen LogP contribution in [-0.4, -0.2) is 23.9 Å². The van der Waals surface area contributed by atoms with Crippen LogP contribution in [0.25, 0.3) is 0 Å². The molecule has 2 amide bonds. The van der Waals surface area contributed by atoms with E-state index in [2.05, 4.69) is 10.6 Å². The summed E-state index contributed by atoms with van der Waals surface area (Å²) < 4.78 is 0. The first kappa shape index (κ1) is 10.0. The Morgan fingerprint density at radius 1 is 1.23 bits per heavy atom. The van der Waals surface area contributed by atoms with Gasteiger partial charge in [0.2, 0.25) is 11.8 Å². The molecular formula is C9H16N2O2. The van der Waals surface area contributed by atoms with Crippen LogP contribution in [0.4, 0.5) is 0 Å². The fraction of sp³-hybridized carbons (Fsp3) is 0.778. The van der Waals surface area contributed by atoms with Crippen molar-refractivity contribution in [1.82, 2.24) is 10.6 Å². The standard InChI is InChI=1S/C9H16N2O2/c1-4-6-8(12)11-7(5(2)3)9(13)10-6/h5-7H,4H2,1-3H3,(H,10,13)(H,11,12)/t6-,7-/m0/s1. The predicted octanol–water partition coefficient (Wildman–Crippen LogP) is 0.0356. The second kappa shape index (κ2) is 3.77. The highest BCUT2D eigenvalue weighted by Gasteiger charge is 2.33. The molecule has 0 aromatic rings. The normalized spacial score (nSPS) is 28.6. The van der Waals surface area contributed by atoms with Gasteiger partial charge in [-0.1, -0.05) is 20.8 Å². The minimum absolute atomic E-state index is 0.0681. The molecule has 0 aromatic heterocycles. The van der Waals surface area contributed by atoms with Crippen molar-refractivity contribution in [2.45, 2.75) is 39.3 Å². The van der Waals surface area contributed by atoms with E-state index >= 15 is 0 Å². The van der Waals surface area contributed by atoms with Gasteiger partial charge < -0.3 is 10.6 Å². The number of carbonyl (C=O) groups excluding carboxylic acids is 2. The second-order valence-corrected chi connectivity index (χ2v) is 3.70. The van der Waals surface area contributed by atoms with E-state index in [9.17, 15) is 9.59 Å². The Labute approximate surface area is 78.1 Å². The number of piperazine rings is 1. The predicted molar refractivity (Wildman–Crippen MR) is 49.0 cm³/mol. The van der Waals surface area contributed by atoms with Crippen molar-refractivity contribution in [3.05, 3.63) is 0 Å². The summed E-state index contributed by atoms with van der Waals surface area (Å²) in [6, 6.07) is -0.710. The Morgan fingerprint density at radius 3 is 2.31 bits per heavy atom. The van der Waals surface area contributed by atoms with Gasteiger partial charge in [0.1, 0.15) is 12.1 Å². The molecule has 0 aliphatic carbocycles. The molecule has 0 bridgehead atoms. The summed E-state index contributed by atoms with van der Waals surface area (Å²) in [6.45, 7) is 5.70. The van der Waals surface area contributed by atoms with Crippen LogP contribution in [0.1, 0.15) is 27.2 Å².